The summed E-state index contributed by atoms with van der Waals surface area (Å²) in [6, 6.07) is 0. The zero-order chi connectivity index (χ0) is 14.6. The minimum absolute atomic E-state index is 0.0943. The number of nitrogens with one attached hydrogen (secondary N) is 1. The predicted molar refractivity (Wildman–Crippen MR) is 69.1 cm³/mol. The molecule has 19 heavy (non-hydrogen) atoms. The lowest BCUT2D eigenvalue weighted by molar-refractivity contribution is -0.120. The topological polar surface area (TPSA) is 92.5 Å². The number of aromatic nitrogens is 1. The highest BCUT2D eigenvalue weighted by atomic mass is 32.2. The van der Waals surface area contributed by atoms with E-state index in [0.29, 0.717) is 12.1 Å². The fourth-order valence-corrected chi connectivity index (χ4v) is 3.05. The lowest BCUT2D eigenvalue weighted by Crippen LogP contribution is -2.36. The molecule has 1 aromatic rings. The highest BCUT2D eigenvalue weighted by Gasteiger charge is 2.28. The van der Waals surface area contributed by atoms with Gasteiger partial charge in [-0.3, -0.25) is 4.79 Å². The van der Waals surface area contributed by atoms with Crippen molar-refractivity contribution >= 4 is 15.9 Å². The van der Waals surface area contributed by atoms with E-state index in [2.05, 4.69) is 10.5 Å². The Morgan fingerprint density at radius 2 is 2.05 bits per heavy atom. The molecular formula is C11H19N3O4S. The third-order valence-corrected chi connectivity index (χ3v) is 4.81. The van der Waals surface area contributed by atoms with Gasteiger partial charge in [-0.05, 0) is 13.8 Å². The summed E-state index contributed by atoms with van der Waals surface area (Å²) in [7, 11) is -2.18. The molecule has 108 valence electrons. The molecule has 0 spiro atoms. The van der Waals surface area contributed by atoms with Gasteiger partial charge in [0.1, 0.15) is 10.6 Å². The average Bonchev–Trinajstić information content (AvgIpc) is 2.68. The van der Waals surface area contributed by atoms with Gasteiger partial charge in [-0.2, -0.15) is 4.31 Å². The van der Waals surface area contributed by atoms with Gasteiger partial charge in [0.15, 0.2) is 5.76 Å². The van der Waals surface area contributed by atoms with Gasteiger partial charge in [0.05, 0.1) is 0 Å². The van der Waals surface area contributed by atoms with Crippen molar-refractivity contribution in [3.63, 3.8) is 0 Å². The molecule has 0 unspecified atom stereocenters. The van der Waals surface area contributed by atoms with Crippen LogP contribution in [0.25, 0.3) is 0 Å². The van der Waals surface area contributed by atoms with Crippen molar-refractivity contribution in [3.05, 3.63) is 11.5 Å². The van der Waals surface area contributed by atoms with E-state index in [0.717, 1.165) is 0 Å². The summed E-state index contributed by atoms with van der Waals surface area (Å²) >= 11 is 0. The molecule has 0 bridgehead atoms. The number of carbonyl (C=O) groups is 1. The van der Waals surface area contributed by atoms with Crippen molar-refractivity contribution in [2.75, 3.05) is 20.1 Å². The van der Waals surface area contributed by atoms with Crippen molar-refractivity contribution in [1.29, 1.82) is 0 Å². The van der Waals surface area contributed by atoms with Crippen molar-refractivity contribution in [2.24, 2.45) is 0 Å². The molecule has 0 saturated carbocycles. The van der Waals surface area contributed by atoms with E-state index in [9.17, 15) is 13.2 Å². The number of nitrogens with zero attached hydrogens (tertiary/aromatic N) is 2. The van der Waals surface area contributed by atoms with Gasteiger partial charge in [0.2, 0.25) is 15.9 Å². The van der Waals surface area contributed by atoms with Crippen LogP contribution in [0.4, 0.5) is 0 Å². The number of aryl methyl sites for hydroxylation is 2. The molecule has 0 radical (unpaired) electrons. The Labute approximate surface area is 113 Å². The molecule has 0 aromatic carbocycles. The number of hydrogen-bond acceptors (Lipinski definition) is 5. The maximum Gasteiger partial charge on any atom is 0.248 e. The summed E-state index contributed by atoms with van der Waals surface area (Å²) in [6.45, 7) is 5.33. The Balaban J connectivity index is 2.76. The highest BCUT2D eigenvalue weighted by molar-refractivity contribution is 7.89. The smallest absolute Gasteiger partial charge is 0.248 e. The van der Waals surface area contributed by atoms with Gasteiger partial charge in [-0.15, -0.1) is 0 Å². The van der Waals surface area contributed by atoms with Crippen LogP contribution < -0.4 is 5.32 Å². The number of sulfonamides is 1. The van der Waals surface area contributed by atoms with Crippen LogP contribution in [0.15, 0.2) is 9.42 Å². The number of hydrogen-bond donors (Lipinski definition) is 1. The first kappa shape index (κ1) is 15.6. The summed E-state index contributed by atoms with van der Waals surface area (Å²) in [6.07, 6.45) is 0.375. The first-order valence-electron chi connectivity index (χ1n) is 5.96. The minimum Gasteiger partial charge on any atom is -0.360 e. The SMILES string of the molecule is CCC(=O)NCCN(C)S(=O)(=O)c1c(C)noc1C. The number of amides is 1. The van der Waals surface area contributed by atoms with Crippen molar-refractivity contribution in [2.45, 2.75) is 32.1 Å². The van der Waals surface area contributed by atoms with E-state index in [-0.39, 0.29) is 29.7 Å². The first-order valence-corrected chi connectivity index (χ1v) is 7.40. The summed E-state index contributed by atoms with van der Waals surface area (Å²) in [5, 5.41) is 6.26. The Hall–Kier alpha value is -1.41. The molecule has 1 heterocycles. The van der Waals surface area contributed by atoms with E-state index in [4.69, 9.17) is 4.52 Å². The zero-order valence-corrected chi connectivity index (χ0v) is 12.4. The molecule has 0 saturated heterocycles. The van der Waals surface area contributed by atoms with Crippen molar-refractivity contribution < 1.29 is 17.7 Å². The standard InChI is InChI=1S/C11H19N3O4S/c1-5-10(15)12-6-7-14(4)19(16,17)11-8(2)13-18-9(11)3/h5-7H2,1-4H3,(H,12,15). The van der Waals surface area contributed by atoms with Crippen LogP contribution >= 0.6 is 0 Å². The number of carbonyl (C=O) groups excluding carboxylic acids is 1. The fourth-order valence-electron chi connectivity index (χ4n) is 1.60. The molecule has 1 amide bonds. The molecule has 1 rings (SSSR count). The molecular weight excluding hydrogens is 270 g/mol. The van der Waals surface area contributed by atoms with Gasteiger partial charge in [0.25, 0.3) is 0 Å². The van der Waals surface area contributed by atoms with Crippen LogP contribution in [0.2, 0.25) is 0 Å². The molecule has 0 aliphatic heterocycles. The summed E-state index contributed by atoms with van der Waals surface area (Å²) in [4.78, 5) is 11.2. The Kier molecular flexibility index (Phi) is 5.07. The maximum atomic E-state index is 12.3. The minimum atomic E-state index is -3.64. The largest absolute Gasteiger partial charge is 0.360 e. The van der Waals surface area contributed by atoms with Gasteiger partial charge in [-0.1, -0.05) is 12.1 Å². The van der Waals surface area contributed by atoms with Crippen LogP contribution in [0, 0.1) is 13.8 Å². The van der Waals surface area contributed by atoms with Crippen molar-refractivity contribution in [1.82, 2.24) is 14.8 Å². The zero-order valence-electron chi connectivity index (χ0n) is 11.6. The van der Waals surface area contributed by atoms with E-state index < -0.39 is 10.0 Å². The lowest BCUT2D eigenvalue weighted by Gasteiger charge is -2.17. The van der Waals surface area contributed by atoms with Crippen molar-refractivity contribution in [3.8, 4) is 0 Å². The van der Waals surface area contributed by atoms with E-state index >= 15 is 0 Å². The van der Waals surface area contributed by atoms with Gasteiger partial charge in [-0.25, -0.2) is 8.42 Å². The third kappa shape index (κ3) is 3.54. The first-order chi connectivity index (χ1) is 8.80. The second-order valence-electron chi connectivity index (χ2n) is 4.18. The average molecular weight is 289 g/mol. The molecule has 7 nitrogen and oxygen atoms in total. The summed E-state index contributed by atoms with van der Waals surface area (Å²) in [5.41, 5.74) is 0.335. The van der Waals surface area contributed by atoms with Crippen LogP contribution in [-0.4, -0.2) is 43.9 Å². The number of rotatable bonds is 6. The Morgan fingerprint density at radius 1 is 1.42 bits per heavy atom. The molecule has 1 N–H and O–H groups in total. The van der Waals surface area contributed by atoms with Crippen LogP contribution in [0.1, 0.15) is 24.8 Å². The van der Waals surface area contributed by atoms with Crippen LogP contribution in [-0.2, 0) is 14.8 Å². The van der Waals surface area contributed by atoms with E-state index in [1.165, 1.54) is 11.4 Å². The molecule has 0 aliphatic carbocycles. The van der Waals surface area contributed by atoms with Crippen LogP contribution in [0.5, 0.6) is 0 Å². The molecule has 8 heteroatoms. The fraction of sp³-hybridized carbons (Fsp3) is 0.636. The molecule has 0 fully saturated rings. The second kappa shape index (κ2) is 6.16. The number of likely N-dealkylation sites (N-methyl/N-ethyl adjacent to an activating group) is 1. The normalized spacial score (nSPS) is 11.8. The van der Waals surface area contributed by atoms with Gasteiger partial charge >= 0.3 is 0 Å². The Bertz CT molecular complexity index is 531. The highest BCUT2D eigenvalue weighted by Crippen LogP contribution is 2.21. The van der Waals surface area contributed by atoms with E-state index in [1.807, 2.05) is 0 Å². The van der Waals surface area contributed by atoms with E-state index in [1.54, 1.807) is 20.8 Å². The molecule has 1 aromatic heterocycles. The van der Waals surface area contributed by atoms with Crippen LogP contribution in [0.3, 0.4) is 0 Å². The second-order valence-corrected chi connectivity index (χ2v) is 6.17. The summed E-state index contributed by atoms with van der Waals surface area (Å²) < 4.78 is 30.6. The predicted octanol–water partition coefficient (Wildman–Crippen LogP) is 0.438. The summed E-state index contributed by atoms with van der Waals surface area (Å²) in [5.74, 6) is 0.157. The Morgan fingerprint density at radius 3 is 2.53 bits per heavy atom. The molecule has 0 atom stereocenters. The quantitative estimate of drug-likeness (QED) is 0.820. The van der Waals surface area contributed by atoms with Gasteiger partial charge in [0, 0.05) is 26.6 Å². The molecule has 0 aliphatic rings. The monoisotopic (exact) mass is 289 g/mol. The van der Waals surface area contributed by atoms with Gasteiger partial charge < -0.3 is 9.84 Å². The third-order valence-electron chi connectivity index (χ3n) is 2.71. The maximum absolute atomic E-state index is 12.3. The lowest BCUT2D eigenvalue weighted by atomic mass is 10.4.